The summed E-state index contributed by atoms with van der Waals surface area (Å²) < 4.78 is 8.26. The van der Waals surface area contributed by atoms with E-state index >= 15 is 0 Å². The lowest BCUT2D eigenvalue weighted by molar-refractivity contribution is 0.0961. The third-order valence-corrected chi connectivity index (χ3v) is 6.77. The summed E-state index contributed by atoms with van der Waals surface area (Å²) in [5.41, 5.74) is 5.85. The van der Waals surface area contributed by atoms with Gasteiger partial charge in [0, 0.05) is 36.9 Å². The molecule has 3 atom stereocenters. The second-order valence-electron chi connectivity index (χ2n) is 8.49. The molecule has 0 unspecified atom stereocenters. The van der Waals surface area contributed by atoms with Crippen LogP contribution in [0.3, 0.4) is 0 Å². The molecule has 3 aromatic rings. The van der Waals surface area contributed by atoms with Crippen LogP contribution in [0.2, 0.25) is 0 Å². The molecule has 1 aromatic carbocycles. The summed E-state index contributed by atoms with van der Waals surface area (Å²) in [5, 5.41) is 4.29. The zero-order valence-electron chi connectivity index (χ0n) is 18.0. The van der Waals surface area contributed by atoms with Crippen LogP contribution in [0.1, 0.15) is 47.4 Å². The van der Waals surface area contributed by atoms with Gasteiger partial charge in [-0.25, -0.2) is 0 Å². The maximum atomic E-state index is 5.93. The van der Waals surface area contributed by atoms with Gasteiger partial charge in [0.15, 0.2) is 5.11 Å². The molecule has 2 aliphatic rings. The molecule has 0 amide bonds. The third kappa shape index (κ3) is 3.86. The highest BCUT2D eigenvalue weighted by Gasteiger charge is 2.42. The zero-order chi connectivity index (χ0) is 21.4. The molecule has 5 rings (SSSR count). The third-order valence-electron chi connectivity index (χ3n) is 6.46. The molecule has 2 aliphatic heterocycles. The first-order valence-corrected chi connectivity index (χ1v) is 11.4. The van der Waals surface area contributed by atoms with Gasteiger partial charge in [-0.05, 0) is 86.4 Å². The van der Waals surface area contributed by atoms with Crippen molar-refractivity contribution >= 4 is 23.0 Å². The van der Waals surface area contributed by atoms with Crippen LogP contribution >= 0.6 is 12.2 Å². The van der Waals surface area contributed by atoms with Crippen molar-refractivity contribution in [3.63, 3.8) is 0 Å². The van der Waals surface area contributed by atoms with Crippen molar-refractivity contribution in [2.24, 2.45) is 0 Å². The van der Waals surface area contributed by atoms with Gasteiger partial charge >= 0.3 is 0 Å². The fraction of sp³-hybridized carbons (Fsp3) is 0.360. The number of rotatable bonds is 5. The minimum Gasteiger partial charge on any atom is -0.376 e. The lowest BCUT2D eigenvalue weighted by Crippen LogP contribution is -2.31. The van der Waals surface area contributed by atoms with Gasteiger partial charge in [0.2, 0.25) is 0 Å². The fourth-order valence-corrected chi connectivity index (χ4v) is 5.02. The number of nitrogens with zero attached hydrogens (tertiary/aromatic N) is 3. The first-order valence-electron chi connectivity index (χ1n) is 11.0. The first kappa shape index (κ1) is 20.2. The van der Waals surface area contributed by atoms with E-state index in [0.717, 1.165) is 42.5 Å². The lowest BCUT2D eigenvalue weighted by Gasteiger charge is -2.30. The van der Waals surface area contributed by atoms with Crippen LogP contribution < -0.4 is 10.2 Å². The molecule has 0 bridgehead atoms. The number of anilines is 1. The summed E-state index contributed by atoms with van der Waals surface area (Å²) in [4.78, 5) is 6.92. The van der Waals surface area contributed by atoms with E-state index in [1.54, 1.807) is 0 Å². The van der Waals surface area contributed by atoms with Crippen LogP contribution in [0.15, 0.2) is 60.9 Å². The molecule has 0 radical (unpaired) electrons. The Morgan fingerprint density at radius 2 is 2.03 bits per heavy atom. The first-order chi connectivity index (χ1) is 15.1. The summed E-state index contributed by atoms with van der Waals surface area (Å²) in [5.74, 6) is 0. The molecule has 160 valence electrons. The zero-order valence-corrected chi connectivity index (χ0v) is 18.8. The van der Waals surface area contributed by atoms with Gasteiger partial charge in [0.1, 0.15) is 6.04 Å². The fourth-order valence-electron chi connectivity index (χ4n) is 4.68. The van der Waals surface area contributed by atoms with Gasteiger partial charge in [-0.3, -0.25) is 4.98 Å². The highest BCUT2D eigenvalue weighted by molar-refractivity contribution is 7.80. The molecule has 2 saturated heterocycles. The Morgan fingerprint density at radius 1 is 1.13 bits per heavy atom. The molecule has 4 heterocycles. The Kier molecular flexibility index (Phi) is 5.50. The van der Waals surface area contributed by atoms with Crippen LogP contribution in [-0.2, 0) is 11.3 Å². The van der Waals surface area contributed by atoms with Crippen molar-refractivity contribution in [2.75, 3.05) is 11.5 Å². The number of ether oxygens (including phenoxy) is 1. The summed E-state index contributed by atoms with van der Waals surface area (Å²) >= 11 is 5.87. The Labute approximate surface area is 189 Å². The average molecular weight is 433 g/mol. The minimum atomic E-state index is -0.0338. The Morgan fingerprint density at radius 3 is 2.77 bits per heavy atom. The number of hydrogen-bond acceptors (Lipinski definition) is 3. The SMILES string of the molecule is Cc1ccc(N2C(=S)N[C@H](c3ccccn3)[C@H]2c2cccn2C[C@@H]2CCCO2)cc1C. The number of aryl methyl sites for hydroxylation is 2. The standard InChI is InChI=1S/C25H28N4OS/c1-17-10-11-19(15-18(17)2)29-24(23(27-25(29)31)21-8-3-4-12-26-21)22-9-5-13-28(22)16-20-7-6-14-30-20/h3-5,8-13,15,20,23-24H,6-7,14,16H2,1-2H3,(H,27,31)/t20-,23+,24+/m0/s1. The van der Waals surface area contributed by atoms with Gasteiger partial charge < -0.3 is 19.5 Å². The molecule has 5 nitrogen and oxygen atoms in total. The van der Waals surface area contributed by atoms with Crippen molar-refractivity contribution < 1.29 is 4.74 Å². The Bertz CT molecular complexity index is 1070. The average Bonchev–Trinajstić information content (AvgIpc) is 3.52. The molecule has 6 heteroatoms. The smallest absolute Gasteiger partial charge is 0.174 e. The number of hydrogen-bond donors (Lipinski definition) is 1. The largest absolute Gasteiger partial charge is 0.376 e. The van der Waals surface area contributed by atoms with Crippen molar-refractivity contribution in [3.8, 4) is 0 Å². The topological polar surface area (TPSA) is 42.3 Å². The van der Waals surface area contributed by atoms with E-state index < -0.39 is 0 Å². The van der Waals surface area contributed by atoms with E-state index in [0.29, 0.717) is 0 Å². The van der Waals surface area contributed by atoms with Gasteiger partial charge in [-0.2, -0.15) is 0 Å². The number of benzene rings is 1. The number of thiocarbonyl (C=S) groups is 1. The summed E-state index contributed by atoms with van der Waals surface area (Å²) in [6.07, 6.45) is 6.54. The Balaban J connectivity index is 1.58. The van der Waals surface area contributed by atoms with Gasteiger partial charge in [-0.15, -0.1) is 0 Å². The molecule has 0 aliphatic carbocycles. The van der Waals surface area contributed by atoms with E-state index in [1.807, 2.05) is 18.3 Å². The molecule has 0 saturated carbocycles. The quantitative estimate of drug-likeness (QED) is 0.584. The van der Waals surface area contributed by atoms with E-state index in [9.17, 15) is 0 Å². The monoisotopic (exact) mass is 432 g/mol. The maximum absolute atomic E-state index is 5.93. The lowest BCUT2D eigenvalue weighted by atomic mass is 10.00. The Hall–Kier alpha value is -2.70. The van der Waals surface area contributed by atoms with Crippen LogP contribution in [0.5, 0.6) is 0 Å². The van der Waals surface area contributed by atoms with Crippen molar-refractivity contribution in [1.29, 1.82) is 0 Å². The second-order valence-corrected chi connectivity index (χ2v) is 8.87. The molecular formula is C25H28N4OS. The van der Waals surface area contributed by atoms with Crippen LogP contribution in [0.25, 0.3) is 0 Å². The van der Waals surface area contributed by atoms with Crippen LogP contribution in [0.4, 0.5) is 5.69 Å². The number of aromatic nitrogens is 2. The maximum Gasteiger partial charge on any atom is 0.174 e. The van der Waals surface area contributed by atoms with Crippen molar-refractivity contribution in [1.82, 2.24) is 14.9 Å². The number of pyridine rings is 1. The molecule has 1 N–H and O–H groups in total. The minimum absolute atomic E-state index is 0.000842. The second kappa shape index (κ2) is 8.44. The highest BCUT2D eigenvalue weighted by atomic mass is 32.1. The predicted molar refractivity (Wildman–Crippen MR) is 127 cm³/mol. The van der Waals surface area contributed by atoms with Crippen molar-refractivity contribution in [3.05, 3.63) is 83.4 Å². The van der Waals surface area contributed by atoms with Crippen molar-refractivity contribution in [2.45, 2.75) is 51.4 Å². The normalized spacial score (nSPS) is 23.4. The van der Waals surface area contributed by atoms with Gasteiger partial charge in [0.25, 0.3) is 0 Å². The molecule has 0 spiro atoms. The summed E-state index contributed by atoms with van der Waals surface area (Å²) in [6, 6.07) is 16.9. The molecule has 2 fully saturated rings. The highest BCUT2D eigenvalue weighted by Crippen LogP contribution is 2.42. The number of nitrogens with one attached hydrogen (secondary N) is 1. The molecule has 31 heavy (non-hydrogen) atoms. The van der Waals surface area contributed by atoms with E-state index in [1.165, 1.54) is 16.8 Å². The van der Waals surface area contributed by atoms with Crippen LogP contribution in [-0.4, -0.2) is 27.4 Å². The van der Waals surface area contributed by atoms with E-state index in [-0.39, 0.29) is 18.2 Å². The summed E-state index contributed by atoms with van der Waals surface area (Å²) in [6.45, 7) is 6.01. The van der Waals surface area contributed by atoms with E-state index in [4.69, 9.17) is 17.0 Å². The summed E-state index contributed by atoms with van der Waals surface area (Å²) in [7, 11) is 0. The predicted octanol–water partition coefficient (Wildman–Crippen LogP) is 4.86. The van der Waals surface area contributed by atoms with Gasteiger partial charge in [0.05, 0.1) is 17.8 Å². The van der Waals surface area contributed by atoms with E-state index in [2.05, 4.69) is 76.2 Å². The van der Waals surface area contributed by atoms with Gasteiger partial charge in [-0.1, -0.05) is 12.1 Å². The molecule has 2 aromatic heterocycles. The van der Waals surface area contributed by atoms with Crippen LogP contribution in [0, 0.1) is 13.8 Å². The molecular weight excluding hydrogens is 404 g/mol.